The molecule has 0 aliphatic carbocycles. The fraction of sp³-hybridized carbons (Fsp3) is 0.286. The average Bonchev–Trinajstić information content (AvgIpc) is 2.74. The summed E-state index contributed by atoms with van der Waals surface area (Å²) in [5.74, 6) is 2.53. The second-order valence-corrected chi connectivity index (χ2v) is 6.45. The maximum absolute atomic E-state index is 5.44. The van der Waals surface area contributed by atoms with E-state index in [2.05, 4.69) is 25.9 Å². The number of anilines is 1. The van der Waals surface area contributed by atoms with Crippen LogP contribution in [0, 0.1) is 6.92 Å². The van der Waals surface area contributed by atoms with Crippen LogP contribution in [0.15, 0.2) is 48.8 Å². The van der Waals surface area contributed by atoms with Gasteiger partial charge in [-0.2, -0.15) is 0 Å². The van der Waals surface area contributed by atoms with E-state index in [4.69, 9.17) is 9.47 Å². The number of pyridine rings is 1. The van der Waals surface area contributed by atoms with Crippen LogP contribution in [0.25, 0.3) is 22.4 Å². The van der Waals surface area contributed by atoms with E-state index in [1.807, 2.05) is 49.6 Å². The van der Waals surface area contributed by atoms with Crippen LogP contribution in [0.1, 0.15) is 5.82 Å². The Morgan fingerprint density at radius 3 is 2.41 bits per heavy atom. The quantitative estimate of drug-likeness (QED) is 0.709. The Hall–Kier alpha value is -2.99. The summed E-state index contributed by atoms with van der Waals surface area (Å²) in [5.41, 5.74) is 3.99. The normalized spacial score (nSPS) is 14.2. The van der Waals surface area contributed by atoms with Gasteiger partial charge in [-0.25, -0.2) is 9.97 Å². The van der Waals surface area contributed by atoms with Crippen molar-refractivity contribution in [2.75, 3.05) is 38.3 Å². The van der Waals surface area contributed by atoms with Crippen molar-refractivity contribution in [2.24, 2.45) is 0 Å². The number of hydrogen-bond acceptors (Lipinski definition) is 6. The van der Waals surface area contributed by atoms with Crippen LogP contribution >= 0.6 is 0 Å². The molecule has 6 nitrogen and oxygen atoms in total. The van der Waals surface area contributed by atoms with E-state index < -0.39 is 0 Å². The maximum Gasteiger partial charge on any atom is 0.133 e. The van der Waals surface area contributed by atoms with Gasteiger partial charge in [-0.05, 0) is 30.7 Å². The van der Waals surface area contributed by atoms with Crippen molar-refractivity contribution in [1.82, 2.24) is 15.0 Å². The lowest BCUT2D eigenvalue weighted by Gasteiger charge is -2.28. The van der Waals surface area contributed by atoms with Crippen LogP contribution in [0.4, 0.5) is 5.82 Å². The lowest BCUT2D eigenvalue weighted by molar-refractivity contribution is 0.122. The summed E-state index contributed by atoms with van der Waals surface area (Å²) < 4.78 is 10.7. The molecule has 1 saturated heterocycles. The van der Waals surface area contributed by atoms with Crippen LogP contribution < -0.4 is 9.64 Å². The molecule has 0 spiro atoms. The van der Waals surface area contributed by atoms with Gasteiger partial charge in [-0.1, -0.05) is 12.1 Å². The third kappa shape index (κ3) is 3.90. The van der Waals surface area contributed by atoms with Crippen molar-refractivity contribution < 1.29 is 9.47 Å². The smallest absolute Gasteiger partial charge is 0.133 e. The molecule has 0 unspecified atom stereocenters. The van der Waals surface area contributed by atoms with Crippen molar-refractivity contribution >= 4 is 5.82 Å². The lowest BCUT2D eigenvalue weighted by Crippen LogP contribution is -2.36. The number of hydrogen-bond donors (Lipinski definition) is 0. The first-order chi connectivity index (χ1) is 13.2. The van der Waals surface area contributed by atoms with E-state index in [9.17, 15) is 0 Å². The molecule has 2 aromatic heterocycles. The summed E-state index contributed by atoms with van der Waals surface area (Å²) in [6.07, 6.45) is 3.71. The Labute approximate surface area is 158 Å². The van der Waals surface area contributed by atoms with Gasteiger partial charge < -0.3 is 14.4 Å². The second kappa shape index (κ2) is 7.72. The Morgan fingerprint density at radius 1 is 0.926 bits per heavy atom. The van der Waals surface area contributed by atoms with Gasteiger partial charge in [-0.3, -0.25) is 4.98 Å². The van der Waals surface area contributed by atoms with Gasteiger partial charge in [0.2, 0.25) is 0 Å². The van der Waals surface area contributed by atoms with Gasteiger partial charge in [0.1, 0.15) is 17.4 Å². The van der Waals surface area contributed by atoms with Crippen molar-refractivity contribution in [1.29, 1.82) is 0 Å². The van der Waals surface area contributed by atoms with Gasteiger partial charge in [0.05, 0.1) is 26.0 Å². The minimum absolute atomic E-state index is 0.729. The molecule has 1 aliphatic rings. The van der Waals surface area contributed by atoms with Crippen molar-refractivity contribution in [3.63, 3.8) is 0 Å². The molecule has 0 saturated carbocycles. The zero-order valence-corrected chi connectivity index (χ0v) is 15.6. The van der Waals surface area contributed by atoms with Crippen molar-refractivity contribution in [3.05, 3.63) is 54.6 Å². The third-order valence-corrected chi connectivity index (χ3v) is 4.62. The number of methoxy groups -OCH3 is 1. The fourth-order valence-electron chi connectivity index (χ4n) is 3.18. The number of rotatable bonds is 4. The molecule has 0 N–H and O–H groups in total. The van der Waals surface area contributed by atoms with E-state index in [0.717, 1.165) is 66.1 Å². The largest absolute Gasteiger partial charge is 0.497 e. The van der Waals surface area contributed by atoms with Gasteiger partial charge in [-0.15, -0.1) is 0 Å². The maximum atomic E-state index is 5.44. The van der Waals surface area contributed by atoms with Crippen LogP contribution in [-0.2, 0) is 4.74 Å². The number of ether oxygens (including phenoxy) is 2. The first-order valence-corrected chi connectivity index (χ1v) is 9.01. The zero-order valence-electron chi connectivity index (χ0n) is 15.6. The summed E-state index contributed by atoms with van der Waals surface area (Å²) in [4.78, 5) is 15.9. The second-order valence-electron chi connectivity index (χ2n) is 6.45. The zero-order chi connectivity index (χ0) is 18.6. The van der Waals surface area contributed by atoms with E-state index >= 15 is 0 Å². The molecule has 0 amide bonds. The molecule has 0 bridgehead atoms. The highest BCUT2D eigenvalue weighted by atomic mass is 16.5. The van der Waals surface area contributed by atoms with E-state index in [-0.39, 0.29) is 0 Å². The van der Waals surface area contributed by atoms with E-state index in [1.54, 1.807) is 7.11 Å². The molecular weight excluding hydrogens is 340 g/mol. The van der Waals surface area contributed by atoms with Gasteiger partial charge >= 0.3 is 0 Å². The molecule has 1 fully saturated rings. The first kappa shape index (κ1) is 17.4. The van der Waals surface area contributed by atoms with Crippen molar-refractivity contribution in [2.45, 2.75) is 6.92 Å². The molecule has 1 aromatic carbocycles. The van der Waals surface area contributed by atoms with Crippen LogP contribution in [0.5, 0.6) is 5.75 Å². The molecule has 0 atom stereocenters. The molecular formula is C21H22N4O2. The van der Waals surface area contributed by atoms with Gasteiger partial charge in [0, 0.05) is 42.7 Å². The highest BCUT2D eigenvalue weighted by Crippen LogP contribution is 2.27. The SMILES string of the molecule is COc1ccc(-c2cncc(-c3cc(N4CCOCC4)nc(C)n3)c2)cc1. The Bertz CT molecular complexity index is 922. The molecule has 27 heavy (non-hydrogen) atoms. The number of aryl methyl sites for hydroxylation is 1. The van der Waals surface area contributed by atoms with Crippen molar-refractivity contribution in [3.8, 4) is 28.1 Å². The lowest BCUT2D eigenvalue weighted by atomic mass is 10.0. The molecule has 1 aliphatic heterocycles. The van der Waals surface area contributed by atoms with E-state index in [0.29, 0.717) is 0 Å². The minimum Gasteiger partial charge on any atom is -0.497 e. The highest BCUT2D eigenvalue weighted by Gasteiger charge is 2.15. The monoisotopic (exact) mass is 362 g/mol. The topological polar surface area (TPSA) is 60.4 Å². The first-order valence-electron chi connectivity index (χ1n) is 9.01. The molecule has 3 heterocycles. The summed E-state index contributed by atoms with van der Waals surface area (Å²) in [6, 6.07) is 12.1. The molecule has 0 radical (unpaired) electrons. The van der Waals surface area contributed by atoms with Crippen LogP contribution in [-0.4, -0.2) is 48.4 Å². The Morgan fingerprint density at radius 2 is 1.67 bits per heavy atom. The summed E-state index contributed by atoms with van der Waals surface area (Å²) in [7, 11) is 1.67. The predicted molar refractivity (Wildman–Crippen MR) is 105 cm³/mol. The van der Waals surface area contributed by atoms with Crippen LogP contribution in [0.3, 0.4) is 0 Å². The summed E-state index contributed by atoms with van der Waals surface area (Å²) in [6.45, 7) is 5.08. The number of benzene rings is 1. The highest BCUT2D eigenvalue weighted by molar-refractivity contribution is 5.71. The standard InChI is InChI=1S/C21H22N4O2/c1-15-23-20(12-21(24-15)25-7-9-27-10-8-25)18-11-17(13-22-14-18)16-3-5-19(26-2)6-4-16/h3-6,11-14H,7-10H2,1-2H3. The number of nitrogens with zero attached hydrogens (tertiary/aromatic N) is 4. The Balaban J connectivity index is 1.67. The molecule has 4 rings (SSSR count). The summed E-state index contributed by atoms with van der Waals surface area (Å²) >= 11 is 0. The number of aromatic nitrogens is 3. The molecule has 138 valence electrons. The van der Waals surface area contributed by atoms with Gasteiger partial charge in [0.15, 0.2) is 0 Å². The average molecular weight is 362 g/mol. The third-order valence-electron chi connectivity index (χ3n) is 4.62. The van der Waals surface area contributed by atoms with Crippen LogP contribution in [0.2, 0.25) is 0 Å². The number of morpholine rings is 1. The predicted octanol–water partition coefficient (Wildman–Crippen LogP) is 3.36. The summed E-state index contributed by atoms with van der Waals surface area (Å²) in [5, 5.41) is 0. The molecule has 3 aromatic rings. The van der Waals surface area contributed by atoms with Gasteiger partial charge in [0.25, 0.3) is 0 Å². The fourth-order valence-corrected chi connectivity index (χ4v) is 3.18. The molecule has 6 heteroatoms. The Kier molecular flexibility index (Phi) is 4.98. The minimum atomic E-state index is 0.729. The van der Waals surface area contributed by atoms with E-state index in [1.165, 1.54) is 0 Å².